The first-order valence-electron chi connectivity index (χ1n) is 7.79. The Morgan fingerprint density at radius 3 is 2.50 bits per heavy atom. The van der Waals surface area contributed by atoms with Crippen LogP contribution in [0.3, 0.4) is 0 Å². The van der Waals surface area contributed by atoms with Crippen LogP contribution in [0.2, 0.25) is 0 Å². The second-order valence-corrected chi connectivity index (χ2v) is 6.18. The highest BCUT2D eigenvalue weighted by atomic mass is 16.4. The maximum absolute atomic E-state index is 12.6. The molecule has 0 aliphatic heterocycles. The maximum Gasteiger partial charge on any atom is 0.234 e. The highest BCUT2D eigenvalue weighted by molar-refractivity contribution is 6.07. The molecule has 4 N–H and O–H groups in total. The van der Waals surface area contributed by atoms with Crippen molar-refractivity contribution in [1.29, 1.82) is 0 Å². The van der Waals surface area contributed by atoms with Crippen LogP contribution in [-0.4, -0.2) is 23.0 Å². The molecule has 116 valence electrons. The molecule has 0 saturated heterocycles. The lowest BCUT2D eigenvalue weighted by atomic mass is 9.61. The predicted molar refractivity (Wildman–Crippen MR) is 80.6 cm³/mol. The molecule has 1 fully saturated rings. The first-order valence-corrected chi connectivity index (χ1v) is 7.79. The number of hydrogen-bond acceptors (Lipinski definition) is 3. The standard InChI is InChI=1S/C15H29N3O2/c1-4-6-8-12(7-5-2)17-14(19)15(13(16)18-20)9-11(3)10-15/h11-12,20H,4-10H2,1-3H3,(H2,16,18)(H,17,19). The van der Waals surface area contributed by atoms with Crippen molar-refractivity contribution >= 4 is 11.7 Å². The van der Waals surface area contributed by atoms with Crippen molar-refractivity contribution in [1.82, 2.24) is 5.32 Å². The number of nitrogens with one attached hydrogen (secondary N) is 1. The van der Waals surface area contributed by atoms with Crippen molar-refractivity contribution in [3.63, 3.8) is 0 Å². The number of hydrogen-bond donors (Lipinski definition) is 3. The predicted octanol–water partition coefficient (Wildman–Crippen LogP) is 2.62. The molecule has 20 heavy (non-hydrogen) atoms. The third kappa shape index (κ3) is 3.64. The average molecular weight is 283 g/mol. The fourth-order valence-electron chi connectivity index (χ4n) is 3.15. The molecular weight excluding hydrogens is 254 g/mol. The quantitative estimate of drug-likeness (QED) is 0.277. The third-order valence-corrected chi connectivity index (χ3v) is 4.31. The van der Waals surface area contributed by atoms with Gasteiger partial charge in [0.2, 0.25) is 5.91 Å². The lowest BCUT2D eigenvalue weighted by Gasteiger charge is -2.44. The Kier molecular flexibility index (Phi) is 6.30. The Bertz CT molecular complexity index is 349. The molecule has 0 spiro atoms. The van der Waals surface area contributed by atoms with Crippen LogP contribution >= 0.6 is 0 Å². The third-order valence-electron chi connectivity index (χ3n) is 4.31. The molecular formula is C15H29N3O2. The van der Waals surface area contributed by atoms with E-state index in [1.807, 2.05) is 0 Å². The Balaban J connectivity index is 2.70. The minimum atomic E-state index is -0.785. The zero-order valence-electron chi connectivity index (χ0n) is 13.0. The monoisotopic (exact) mass is 283 g/mol. The number of amides is 1. The molecule has 0 heterocycles. The van der Waals surface area contributed by atoms with E-state index in [9.17, 15) is 4.79 Å². The summed E-state index contributed by atoms with van der Waals surface area (Å²) in [6, 6.07) is 0.201. The molecule has 1 unspecified atom stereocenters. The van der Waals surface area contributed by atoms with Crippen molar-refractivity contribution < 1.29 is 10.0 Å². The summed E-state index contributed by atoms with van der Waals surface area (Å²) >= 11 is 0. The SMILES string of the molecule is CCCCC(CCC)NC(=O)C1(C(N)=NO)CC(C)C1. The molecule has 1 saturated carbocycles. The van der Waals surface area contributed by atoms with Gasteiger partial charge < -0.3 is 16.3 Å². The van der Waals surface area contributed by atoms with Crippen LogP contribution in [0, 0.1) is 11.3 Å². The summed E-state index contributed by atoms with van der Waals surface area (Å²) in [6.07, 6.45) is 6.59. The van der Waals surface area contributed by atoms with E-state index >= 15 is 0 Å². The van der Waals surface area contributed by atoms with Gasteiger partial charge in [0.15, 0.2) is 5.84 Å². The van der Waals surface area contributed by atoms with Crippen LogP contribution in [0.4, 0.5) is 0 Å². The fraction of sp³-hybridized carbons (Fsp3) is 0.867. The van der Waals surface area contributed by atoms with Gasteiger partial charge in [-0.15, -0.1) is 0 Å². The zero-order valence-corrected chi connectivity index (χ0v) is 13.0. The maximum atomic E-state index is 12.6. The van der Waals surface area contributed by atoms with Crippen LogP contribution in [0.5, 0.6) is 0 Å². The van der Waals surface area contributed by atoms with E-state index in [0.29, 0.717) is 18.8 Å². The van der Waals surface area contributed by atoms with Crippen LogP contribution in [0.1, 0.15) is 65.7 Å². The lowest BCUT2D eigenvalue weighted by molar-refractivity contribution is -0.134. The summed E-state index contributed by atoms with van der Waals surface area (Å²) in [5.74, 6) is 0.431. The number of unbranched alkanes of at least 4 members (excludes halogenated alkanes) is 1. The van der Waals surface area contributed by atoms with Crippen LogP contribution in [-0.2, 0) is 4.79 Å². The first kappa shape index (κ1) is 16.8. The van der Waals surface area contributed by atoms with Gasteiger partial charge in [0.25, 0.3) is 0 Å². The minimum Gasteiger partial charge on any atom is -0.409 e. The number of rotatable bonds is 8. The van der Waals surface area contributed by atoms with Gasteiger partial charge in [-0.2, -0.15) is 0 Å². The smallest absolute Gasteiger partial charge is 0.234 e. The molecule has 0 aromatic carbocycles. The number of carbonyl (C=O) groups is 1. The lowest BCUT2D eigenvalue weighted by Crippen LogP contribution is -2.58. The van der Waals surface area contributed by atoms with Crippen molar-refractivity contribution in [2.75, 3.05) is 0 Å². The molecule has 0 radical (unpaired) electrons. The number of nitrogens with two attached hydrogens (primary N) is 1. The average Bonchev–Trinajstić information content (AvgIpc) is 2.40. The molecule has 1 atom stereocenters. The topological polar surface area (TPSA) is 87.7 Å². The van der Waals surface area contributed by atoms with Crippen LogP contribution < -0.4 is 11.1 Å². The van der Waals surface area contributed by atoms with E-state index in [0.717, 1.165) is 32.1 Å². The Morgan fingerprint density at radius 2 is 2.05 bits per heavy atom. The summed E-state index contributed by atoms with van der Waals surface area (Å²) in [4.78, 5) is 12.6. The summed E-state index contributed by atoms with van der Waals surface area (Å²) in [5, 5.41) is 15.1. The summed E-state index contributed by atoms with van der Waals surface area (Å²) < 4.78 is 0. The van der Waals surface area contributed by atoms with Gasteiger partial charge >= 0.3 is 0 Å². The van der Waals surface area contributed by atoms with Gasteiger partial charge in [0.05, 0.1) is 0 Å². The number of nitrogens with zero attached hydrogens (tertiary/aromatic N) is 1. The Labute approximate surface area is 122 Å². The van der Waals surface area contributed by atoms with E-state index in [-0.39, 0.29) is 17.8 Å². The highest BCUT2D eigenvalue weighted by Gasteiger charge is 2.52. The van der Waals surface area contributed by atoms with Gasteiger partial charge in [-0.3, -0.25) is 4.79 Å². The molecule has 0 bridgehead atoms. The molecule has 0 aromatic heterocycles. The van der Waals surface area contributed by atoms with Crippen molar-refractivity contribution in [2.24, 2.45) is 22.2 Å². The number of oxime groups is 1. The minimum absolute atomic E-state index is 0.0545. The molecule has 1 aliphatic carbocycles. The van der Waals surface area contributed by atoms with Crippen LogP contribution in [0.15, 0.2) is 5.16 Å². The second-order valence-electron chi connectivity index (χ2n) is 6.18. The summed E-state index contributed by atoms with van der Waals surface area (Å²) in [7, 11) is 0. The van der Waals surface area contributed by atoms with Gasteiger partial charge in [-0.25, -0.2) is 0 Å². The second kappa shape index (κ2) is 7.50. The van der Waals surface area contributed by atoms with E-state index in [1.54, 1.807) is 0 Å². The molecule has 0 aromatic rings. The van der Waals surface area contributed by atoms with E-state index in [4.69, 9.17) is 10.9 Å². The molecule has 1 amide bonds. The van der Waals surface area contributed by atoms with E-state index in [1.165, 1.54) is 0 Å². The largest absolute Gasteiger partial charge is 0.409 e. The summed E-state index contributed by atoms with van der Waals surface area (Å²) in [5.41, 5.74) is 4.98. The van der Waals surface area contributed by atoms with Crippen molar-refractivity contribution in [3.05, 3.63) is 0 Å². The fourth-order valence-corrected chi connectivity index (χ4v) is 3.15. The zero-order chi connectivity index (χ0) is 15.2. The van der Waals surface area contributed by atoms with Gasteiger partial charge in [-0.1, -0.05) is 45.2 Å². The summed E-state index contributed by atoms with van der Waals surface area (Å²) in [6.45, 7) is 6.35. The first-order chi connectivity index (χ1) is 9.50. The normalized spacial score (nSPS) is 27.8. The molecule has 1 aliphatic rings. The molecule has 5 heteroatoms. The van der Waals surface area contributed by atoms with E-state index in [2.05, 4.69) is 31.2 Å². The Hall–Kier alpha value is -1.26. The molecule has 1 rings (SSSR count). The van der Waals surface area contributed by atoms with Gasteiger partial charge in [0.1, 0.15) is 5.41 Å². The van der Waals surface area contributed by atoms with Crippen molar-refractivity contribution in [3.8, 4) is 0 Å². The number of amidine groups is 1. The van der Waals surface area contributed by atoms with Gasteiger partial charge in [0, 0.05) is 6.04 Å². The number of carbonyl (C=O) groups excluding carboxylic acids is 1. The molecule has 5 nitrogen and oxygen atoms in total. The van der Waals surface area contributed by atoms with E-state index < -0.39 is 5.41 Å². The van der Waals surface area contributed by atoms with Crippen LogP contribution in [0.25, 0.3) is 0 Å². The highest BCUT2D eigenvalue weighted by Crippen LogP contribution is 2.46. The van der Waals surface area contributed by atoms with Crippen molar-refractivity contribution in [2.45, 2.75) is 71.8 Å². The Morgan fingerprint density at radius 1 is 1.40 bits per heavy atom. The van der Waals surface area contributed by atoms with Gasteiger partial charge in [-0.05, 0) is 31.6 Å².